The second-order valence-corrected chi connectivity index (χ2v) is 5.49. The average Bonchev–Trinajstić information content (AvgIpc) is 2.08. The van der Waals surface area contributed by atoms with Crippen LogP contribution >= 0.6 is 43.6 Å². The van der Waals surface area contributed by atoms with Gasteiger partial charge in [-0.15, -0.1) is 0 Å². The van der Waals surface area contributed by atoms with Gasteiger partial charge in [-0.05, 0) is 39.8 Å². The number of alkyl halides is 5. The number of thioether (sulfide) groups is 1. The molecule has 0 unspecified atom stereocenters. The number of benzene rings is 1. The molecule has 0 radical (unpaired) electrons. The van der Waals surface area contributed by atoms with Crippen molar-refractivity contribution in [3.05, 3.63) is 21.1 Å². The summed E-state index contributed by atoms with van der Waals surface area (Å²) < 4.78 is 65.2. The first-order chi connectivity index (χ1) is 7.69. The minimum Gasteiger partial charge on any atom is -0.434 e. The van der Waals surface area contributed by atoms with Gasteiger partial charge >= 0.3 is 12.1 Å². The molecular weight excluding hydrogens is 399 g/mol. The van der Waals surface area contributed by atoms with Crippen molar-refractivity contribution < 1.29 is 26.7 Å². The maximum absolute atomic E-state index is 12.2. The molecule has 0 N–H and O–H groups in total. The summed E-state index contributed by atoms with van der Waals surface area (Å²) in [6, 6.07) is 2.36. The van der Waals surface area contributed by atoms with Gasteiger partial charge in [0.25, 0.3) is 0 Å². The number of rotatable bonds is 3. The first kappa shape index (κ1) is 15.0. The van der Waals surface area contributed by atoms with Gasteiger partial charge in [0.2, 0.25) is 0 Å². The summed E-state index contributed by atoms with van der Waals surface area (Å²) in [6.45, 7) is -3.19. The van der Waals surface area contributed by atoms with E-state index in [1.165, 1.54) is 6.07 Å². The molecule has 0 spiro atoms. The standard InChI is InChI=1S/C8H3Br2F5OS/c9-3-1-4(10)6(17-8(13,14)15)5(2-3)16-7(11)12/h1-2,7H. The minimum atomic E-state index is -4.59. The van der Waals surface area contributed by atoms with Crippen molar-refractivity contribution in [2.24, 2.45) is 0 Å². The lowest BCUT2D eigenvalue weighted by Crippen LogP contribution is -2.06. The van der Waals surface area contributed by atoms with Gasteiger partial charge in [0.15, 0.2) is 0 Å². The lowest BCUT2D eigenvalue weighted by Gasteiger charge is -2.14. The molecule has 0 amide bonds. The molecule has 0 saturated carbocycles. The largest absolute Gasteiger partial charge is 0.446 e. The molecule has 0 aliphatic rings. The topological polar surface area (TPSA) is 9.23 Å². The van der Waals surface area contributed by atoms with E-state index in [0.29, 0.717) is 4.47 Å². The second-order valence-electron chi connectivity index (χ2n) is 2.64. The van der Waals surface area contributed by atoms with E-state index < -0.39 is 34.5 Å². The third-order valence-electron chi connectivity index (χ3n) is 1.41. The minimum absolute atomic E-state index is 0.0184. The Labute approximate surface area is 114 Å². The fourth-order valence-electron chi connectivity index (χ4n) is 0.935. The molecule has 1 nitrogen and oxygen atoms in total. The summed E-state index contributed by atoms with van der Waals surface area (Å²) in [6.07, 6.45) is 0. The third kappa shape index (κ3) is 5.01. The van der Waals surface area contributed by atoms with Gasteiger partial charge in [0.05, 0.1) is 4.90 Å². The molecule has 0 fully saturated rings. The first-order valence-electron chi connectivity index (χ1n) is 3.88. The van der Waals surface area contributed by atoms with E-state index in [2.05, 4.69) is 36.6 Å². The van der Waals surface area contributed by atoms with Crippen LogP contribution in [0.4, 0.5) is 22.0 Å². The number of hydrogen-bond acceptors (Lipinski definition) is 2. The van der Waals surface area contributed by atoms with Crippen LogP contribution in [0.3, 0.4) is 0 Å². The Morgan fingerprint density at radius 1 is 1.18 bits per heavy atom. The van der Waals surface area contributed by atoms with Gasteiger partial charge < -0.3 is 4.74 Å². The highest BCUT2D eigenvalue weighted by Gasteiger charge is 2.32. The second kappa shape index (κ2) is 5.75. The highest BCUT2D eigenvalue weighted by atomic mass is 79.9. The molecule has 0 heterocycles. The van der Waals surface area contributed by atoms with Crippen LogP contribution in [-0.2, 0) is 0 Å². The average molecular weight is 402 g/mol. The lowest BCUT2D eigenvalue weighted by atomic mass is 10.3. The fraction of sp³-hybridized carbons (Fsp3) is 0.250. The van der Waals surface area contributed by atoms with Crippen molar-refractivity contribution in [1.29, 1.82) is 0 Å². The van der Waals surface area contributed by atoms with Gasteiger partial charge in [-0.3, -0.25) is 0 Å². The highest BCUT2D eigenvalue weighted by Crippen LogP contribution is 2.46. The maximum Gasteiger partial charge on any atom is 0.446 e. The van der Waals surface area contributed by atoms with Crippen LogP contribution in [0, 0.1) is 0 Å². The molecule has 1 aromatic rings. The van der Waals surface area contributed by atoms with Crippen LogP contribution in [0.25, 0.3) is 0 Å². The maximum atomic E-state index is 12.2. The van der Waals surface area contributed by atoms with Crippen molar-refractivity contribution in [3.63, 3.8) is 0 Å². The Morgan fingerprint density at radius 3 is 2.24 bits per heavy atom. The SMILES string of the molecule is FC(F)Oc1cc(Br)cc(Br)c1SC(F)(F)F. The Bertz CT molecular complexity index is 410. The Balaban J connectivity index is 3.16. The summed E-state index contributed by atoms with van der Waals surface area (Å²) >= 11 is 5.31. The van der Waals surface area contributed by atoms with E-state index in [4.69, 9.17) is 0 Å². The molecule has 0 aliphatic heterocycles. The van der Waals surface area contributed by atoms with Crippen LogP contribution in [-0.4, -0.2) is 12.1 Å². The monoisotopic (exact) mass is 400 g/mol. The lowest BCUT2D eigenvalue weighted by molar-refractivity contribution is -0.0528. The number of hydrogen-bond donors (Lipinski definition) is 0. The van der Waals surface area contributed by atoms with Crippen LogP contribution in [0.1, 0.15) is 0 Å². The van der Waals surface area contributed by atoms with E-state index in [0.717, 1.165) is 6.07 Å². The number of halogens is 7. The van der Waals surface area contributed by atoms with Crippen LogP contribution in [0.5, 0.6) is 5.75 Å². The molecule has 96 valence electrons. The molecule has 0 atom stereocenters. The fourth-order valence-corrected chi connectivity index (χ4v) is 2.96. The Hall–Kier alpha value is -0.0200. The molecule has 0 bridgehead atoms. The first-order valence-corrected chi connectivity index (χ1v) is 6.29. The summed E-state index contributed by atoms with van der Waals surface area (Å²) in [4.78, 5) is -0.444. The van der Waals surface area contributed by atoms with Crippen molar-refractivity contribution >= 4 is 43.6 Å². The summed E-state index contributed by atoms with van der Waals surface area (Å²) in [7, 11) is 0. The van der Waals surface area contributed by atoms with E-state index in [1.54, 1.807) is 0 Å². The van der Waals surface area contributed by atoms with Gasteiger partial charge in [-0.1, -0.05) is 15.9 Å². The van der Waals surface area contributed by atoms with E-state index in [-0.39, 0.29) is 4.47 Å². The predicted molar refractivity (Wildman–Crippen MR) is 60.4 cm³/mol. The van der Waals surface area contributed by atoms with Crippen LogP contribution < -0.4 is 4.74 Å². The number of ether oxygens (including phenoxy) is 1. The van der Waals surface area contributed by atoms with Crippen molar-refractivity contribution in [3.8, 4) is 5.75 Å². The van der Waals surface area contributed by atoms with Gasteiger partial charge in [-0.25, -0.2) is 0 Å². The summed E-state index contributed by atoms with van der Waals surface area (Å²) in [5.74, 6) is -0.538. The third-order valence-corrected chi connectivity index (χ3v) is 3.61. The predicted octanol–water partition coefficient (Wildman–Crippen LogP) is 5.42. The van der Waals surface area contributed by atoms with Gasteiger partial charge in [-0.2, -0.15) is 22.0 Å². The van der Waals surface area contributed by atoms with Gasteiger partial charge in [0, 0.05) is 8.95 Å². The zero-order valence-electron chi connectivity index (χ0n) is 7.69. The zero-order valence-corrected chi connectivity index (χ0v) is 11.7. The Kier molecular flexibility index (Phi) is 5.08. The molecule has 1 rings (SSSR count). The molecule has 0 aromatic heterocycles. The van der Waals surface area contributed by atoms with E-state index in [9.17, 15) is 22.0 Å². The molecule has 9 heteroatoms. The van der Waals surface area contributed by atoms with Crippen LogP contribution in [0.15, 0.2) is 26.0 Å². The van der Waals surface area contributed by atoms with E-state index in [1.807, 2.05) is 0 Å². The van der Waals surface area contributed by atoms with Crippen LogP contribution in [0.2, 0.25) is 0 Å². The van der Waals surface area contributed by atoms with Crippen molar-refractivity contribution in [2.75, 3.05) is 0 Å². The quantitative estimate of drug-likeness (QED) is 0.493. The molecule has 0 aliphatic carbocycles. The van der Waals surface area contributed by atoms with E-state index >= 15 is 0 Å². The molecule has 17 heavy (non-hydrogen) atoms. The highest BCUT2D eigenvalue weighted by molar-refractivity contribution is 9.11. The normalized spacial score (nSPS) is 12.0. The smallest absolute Gasteiger partial charge is 0.434 e. The van der Waals surface area contributed by atoms with Crippen molar-refractivity contribution in [2.45, 2.75) is 17.0 Å². The Morgan fingerprint density at radius 2 is 1.76 bits per heavy atom. The zero-order chi connectivity index (χ0) is 13.2. The molecule has 1 aromatic carbocycles. The van der Waals surface area contributed by atoms with Crippen molar-refractivity contribution in [1.82, 2.24) is 0 Å². The molecular formula is C8H3Br2F5OS. The molecule has 0 saturated heterocycles. The summed E-state index contributed by atoms with van der Waals surface area (Å²) in [5, 5.41) is 0. The summed E-state index contributed by atoms with van der Waals surface area (Å²) in [5.41, 5.74) is -4.59. The van der Waals surface area contributed by atoms with Gasteiger partial charge in [0.1, 0.15) is 5.75 Å².